The number of esters is 2. The molecule has 0 aromatic rings. The molecule has 0 aromatic carbocycles. The van der Waals surface area contributed by atoms with Crippen LogP contribution in [0.5, 0.6) is 0 Å². The lowest BCUT2D eigenvalue weighted by molar-refractivity contribution is -0.142. The normalized spacial score (nSPS) is 10.3. The second-order valence-electron chi connectivity index (χ2n) is 7.75. The number of carbonyl (C=O) groups excluding carboxylic acids is 2. The van der Waals surface area contributed by atoms with Crippen LogP contribution in [0.25, 0.3) is 0 Å². The Morgan fingerprint density at radius 3 is 1.37 bits per heavy atom. The van der Waals surface area contributed by atoms with E-state index in [-0.39, 0.29) is 11.9 Å². The molecule has 0 fully saturated rings. The van der Waals surface area contributed by atoms with Crippen LogP contribution >= 0.6 is 0 Å². The van der Waals surface area contributed by atoms with Crippen LogP contribution in [0.15, 0.2) is 0 Å². The van der Waals surface area contributed by atoms with Crippen molar-refractivity contribution in [3.63, 3.8) is 0 Å². The molecule has 0 radical (unpaired) electrons. The molecule has 27 heavy (non-hydrogen) atoms. The molecule has 0 spiro atoms. The van der Waals surface area contributed by atoms with Gasteiger partial charge < -0.3 is 9.47 Å². The van der Waals surface area contributed by atoms with Gasteiger partial charge in [-0.05, 0) is 18.8 Å². The highest BCUT2D eigenvalue weighted by Gasteiger charge is 1.96. The molecule has 0 unspecified atom stereocenters. The Kier molecular flexibility index (Phi) is 24.0. The fourth-order valence-electron chi connectivity index (χ4n) is 2.68. The molecule has 0 rings (SSSR count). The summed E-state index contributed by atoms with van der Waals surface area (Å²) < 4.78 is 9.68. The molecule has 0 aliphatic heterocycles. The summed E-state index contributed by atoms with van der Waals surface area (Å²) in [6.45, 7) is 10.9. The number of hydrogen-bond acceptors (Lipinski definition) is 4. The summed E-state index contributed by atoms with van der Waals surface area (Å²) >= 11 is 0. The molecule has 4 heteroatoms. The highest BCUT2D eigenvalue weighted by Crippen LogP contribution is 2.10. The minimum atomic E-state index is -0.162. The predicted octanol–water partition coefficient (Wildman–Crippen LogP) is 6.85. The van der Waals surface area contributed by atoms with Gasteiger partial charge in [0.15, 0.2) is 0 Å². The smallest absolute Gasteiger partial charge is 0.302 e. The standard InChI is InChI=1S/C12H24O2.C11H22O2/c1-11(2)9-7-5-4-6-8-10-14-12(3)13;1-3-4-5-6-7-8-9-10-13-11(2)12/h11H,4-10H2,1-3H3;3-10H2,1-2H3. The molecule has 0 bridgehead atoms. The van der Waals surface area contributed by atoms with E-state index in [1.165, 1.54) is 84.5 Å². The maximum Gasteiger partial charge on any atom is 0.302 e. The fourth-order valence-corrected chi connectivity index (χ4v) is 2.68. The Morgan fingerprint density at radius 2 is 1.00 bits per heavy atom. The third kappa shape index (κ3) is 33.0. The van der Waals surface area contributed by atoms with E-state index in [9.17, 15) is 9.59 Å². The quantitative estimate of drug-likeness (QED) is 0.215. The van der Waals surface area contributed by atoms with E-state index in [4.69, 9.17) is 9.47 Å². The van der Waals surface area contributed by atoms with Gasteiger partial charge in [0, 0.05) is 13.8 Å². The molecule has 4 nitrogen and oxygen atoms in total. The number of unbranched alkanes of at least 4 members (excludes halogenated alkanes) is 10. The van der Waals surface area contributed by atoms with Gasteiger partial charge in [-0.3, -0.25) is 9.59 Å². The SMILES string of the molecule is CC(=O)OCCCCCCCC(C)C.CCCCCCCCCOC(C)=O. The highest BCUT2D eigenvalue weighted by molar-refractivity contribution is 5.66. The molecule has 0 atom stereocenters. The number of rotatable bonds is 16. The molecular formula is C23H46O4. The van der Waals surface area contributed by atoms with E-state index in [1.54, 1.807) is 0 Å². The monoisotopic (exact) mass is 386 g/mol. The van der Waals surface area contributed by atoms with Crippen LogP contribution in [0.3, 0.4) is 0 Å². The maximum atomic E-state index is 10.4. The lowest BCUT2D eigenvalue weighted by Crippen LogP contribution is -2.00. The van der Waals surface area contributed by atoms with Crippen molar-refractivity contribution in [3.8, 4) is 0 Å². The third-order valence-electron chi connectivity index (χ3n) is 4.28. The van der Waals surface area contributed by atoms with Gasteiger partial charge in [0.05, 0.1) is 13.2 Å². The predicted molar refractivity (Wildman–Crippen MR) is 114 cm³/mol. The van der Waals surface area contributed by atoms with E-state index in [1.807, 2.05) is 0 Å². The van der Waals surface area contributed by atoms with Crippen molar-refractivity contribution in [2.24, 2.45) is 5.92 Å². The van der Waals surface area contributed by atoms with Crippen LogP contribution in [0.2, 0.25) is 0 Å². The van der Waals surface area contributed by atoms with Gasteiger partial charge >= 0.3 is 11.9 Å². The van der Waals surface area contributed by atoms with Gasteiger partial charge in [-0.1, -0.05) is 91.4 Å². The first kappa shape index (κ1) is 28.2. The van der Waals surface area contributed by atoms with Crippen molar-refractivity contribution in [1.82, 2.24) is 0 Å². The first-order chi connectivity index (χ1) is 12.9. The highest BCUT2D eigenvalue weighted by atomic mass is 16.5. The Morgan fingerprint density at radius 1 is 0.630 bits per heavy atom. The largest absolute Gasteiger partial charge is 0.466 e. The van der Waals surface area contributed by atoms with Gasteiger partial charge in [-0.15, -0.1) is 0 Å². The van der Waals surface area contributed by atoms with Crippen LogP contribution in [0.4, 0.5) is 0 Å². The molecule has 0 N–H and O–H groups in total. The van der Waals surface area contributed by atoms with Crippen molar-refractivity contribution in [1.29, 1.82) is 0 Å². The Labute approximate surface area is 168 Å². The van der Waals surface area contributed by atoms with Crippen molar-refractivity contribution in [2.45, 2.75) is 118 Å². The number of carbonyl (C=O) groups is 2. The summed E-state index contributed by atoms with van der Waals surface area (Å²) in [7, 11) is 0. The summed E-state index contributed by atoms with van der Waals surface area (Å²) in [5.41, 5.74) is 0. The molecule has 0 saturated heterocycles. The van der Waals surface area contributed by atoms with Gasteiger partial charge in [-0.25, -0.2) is 0 Å². The maximum absolute atomic E-state index is 10.4. The minimum Gasteiger partial charge on any atom is -0.466 e. The summed E-state index contributed by atoms with van der Waals surface area (Å²) in [5, 5.41) is 0. The average molecular weight is 387 g/mol. The first-order valence-corrected chi connectivity index (χ1v) is 11.2. The minimum absolute atomic E-state index is 0.161. The number of hydrogen-bond donors (Lipinski definition) is 0. The molecule has 0 heterocycles. The molecule has 0 aliphatic rings. The zero-order chi connectivity index (χ0) is 20.8. The van der Waals surface area contributed by atoms with Crippen molar-refractivity contribution >= 4 is 11.9 Å². The van der Waals surface area contributed by atoms with E-state index >= 15 is 0 Å². The van der Waals surface area contributed by atoms with E-state index < -0.39 is 0 Å². The van der Waals surface area contributed by atoms with Crippen LogP contribution in [0, 0.1) is 5.92 Å². The van der Waals surface area contributed by atoms with Crippen LogP contribution in [0.1, 0.15) is 118 Å². The second kappa shape index (κ2) is 23.0. The zero-order valence-electron chi connectivity index (χ0n) is 18.8. The third-order valence-corrected chi connectivity index (χ3v) is 4.28. The Balaban J connectivity index is 0. The van der Waals surface area contributed by atoms with Gasteiger partial charge in [-0.2, -0.15) is 0 Å². The van der Waals surface area contributed by atoms with Crippen LogP contribution in [-0.2, 0) is 19.1 Å². The Hall–Kier alpha value is -1.06. The summed E-state index contributed by atoms with van der Waals surface area (Å²) in [4.78, 5) is 20.8. The lowest BCUT2D eigenvalue weighted by Gasteiger charge is -2.04. The van der Waals surface area contributed by atoms with Crippen molar-refractivity contribution in [2.75, 3.05) is 13.2 Å². The molecule has 0 saturated carbocycles. The van der Waals surface area contributed by atoms with Gasteiger partial charge in [0.2, 0.25) is 0 Å². The van der Waals surface area contributed by atoms with Gasteiger partial charge in [0.1, 0.15) is 0 Å². The van der Waals surface area contributed by atoms with Crippen LogP contribution in [-0.4, -0.2) is 25.2 Å². The molecular weight excluding hydrogens is 340 g/mol. The van der Waals surface area contributed by atoms with E-state index in [2.05, 4.69) is 20.8 Å². The van der Waals surface area contributed by atoms with Crippen molar-refractivity contribution < 1.29 is 19.1 Å². The molecule has 162 valence electrons. The zero-order valence-corrected chi connectivity index (χ0v) is 18.8. The van der Waals surface area contributed by atoms with Gasteiger partial charge in [0.25, 0.3) is 0 Å². The second-order valence-corrected chi connectivity index (χ2v) is 7.75. The fraction of sp³-hybridized carbons (Fsp3) is 0.913. The summed E-state index contributed by atoms with van der Waals surface area (Å²) in [6.07, 6.45) is 16.3. The topological polar surface area (TPSA) is 52.6 Å². The molecule has 0 amide bonds. The molecule has 0 aromatic heterocycles. The molecule has 0 aliphatic carbocycles. The summed E-state index contributed by atoms with van der Waals surface area (Å²) in [5.74, 6) is 0.506. The average Bonchev–Trinajstić information content (AvgIpc) is 2.59. The van der Waals surface area contributed by atoms with E-state index in [0.29, 0.717) is 13.2 Å². The summed E-state index contributed by atoms with van der Waals surface area (Å²) in [6, 6.07) is 0. The first-order valence-electron chi connectivity index (χ1n) is 11.2. The van der Waals surface area contributed by atoms with E-state index in [0.717, 1.165) is 18.8 Å². The van der Waals surface area contributed by atoms with Crippen molar-refractivity contribution in [3.05, 3.63) is 0 Å². The Bertz CT molecular complexity index is 326. The lowest BCUT2D eigenvalue weighted by atomic mass is 10.0. The number of ether oxygens (including phenoxy) is 2. The van der Waals surface area contributed by atoms with Crippen LogP contribution < -0.4 is 0 Å².